The number of aliphatic hydroxyl groups excluding tert-OH is 1. The van der Waals surface area contributed by atoms with Gasteiger partial charge in [-0.15, -0.1) is 0 Å². The van der Waals surface area contributed by atoms with Crippen LogP contribution in [0.5, 0.6) is 0 Å². The molecule has 3 aliphatic carbocycles. The van der Waals surface area contributed by atoms with Crippen LogP contribution in [-0.2, 0) is 12.8 Å². The SMILES string of the molecule is CC(C)(CO)NC(=O)c1cc(F)cnc1CC[C@]1(O)CCC2=Cc3c(cnn3-c3ccc(F)cc3)C[C@@]21C1CC1. The molecular weight excluding hydrogens is 514 g/mol. The van der Waals surface area contributed by atoms with Crippen LogP contribution < -0.4 is 5.32 Å². The van der Waals surface area contributed by atoms with Crippen molar-refractivity contribution in [1.82, 2.24) is 20.1 Å². The fourth-order valence-corrected chi connectivity index (χ4v) is 6.81. The van der Waals surface area contributed by atoms with Crippen LogP contribution in [0.25, 0.3) is 11.8 Å². The van der Waals surface area contributed by atoms with Gasteiger partial charge in [0.2, 0.25) is 0 Å². The highest BCUT2D eigenvalue weighted by Crippen LogP contribution is 2.66. The maximum Gasteiger partial charge on any atom is 0.253 e. The quantitative estimate of drug-likeness (QED) is 0.384. The Morgan fingerprint density at radius 1 is 1.18 bits per heavy atom. The van der Waals surface area contributed by atoms with Crippen LogP contribution in [0.3, 0.4) is 0 Å². The fraction of sp³-hybridized carbons (Fsp3) is 0.452. The lowest BCUT2D eigenvalue weighted by Crippen LogP contribution is -2.49. The van der Waals surface area contributed by atoms with Crippen LogP contribution in [0.4, 0.5) is 8.78 Å². The summed E-state index contributed by atoms with van der Waals surface area (Å²) in [5.74, 6) is -1.08. The molecule has 210 valence electrons. The zero-order valence-electron chi connectivity index (χ0n) is 22.8. The Morgan fingerprint density at radius 3 is 2.62 bits per heavy atom. The molecule has 40 heavy (non-hydrogen) atoms. The number of aryl methyl sites for hydroxylation is 1. The molecular formula is C31H34F2N4O3. The summed E-state index contributed by atoms with van der Waals surface area (Å²) in [6.45, 7) is 3.10. The molecule has 0 saturated heterocycles. The Labute approximate surface area is 232 Å². The van der Waals surface area contributed by atoms with E-state index in [2.05, 4.69) is 21.5 Å². The molecule has 1 aromatic carbocycles. The first-order chi connectivity index (χ1) is 19.0. The van der Waals surface area contributed by atoms with Crippen molar-refractivity contribution in [2.24, 2.45) is 11.3 Å². The van der Waals surface area contributed by atoms with E-state index in [4.69, 9.17) is 0 Å². The normalized spacial score (nSPS) is 23.9. The summed E-state index contributed by atoms with van der Waals surface area (Å²) in [7, 11) is 0. The van der Waals surface area contributed by atoms with Crippen LogP contribution in [0.1, 0.15) is 73.3 Å². The molecule has 6 rings (SSSR count). The third-order valence-corrected chi connectivity index (χ3v) is 9.03. The van der Waals surface area contributed by atoms with Gasteiger partial charge in [0.05, 0.1) is 52.8 Å². The second-order valence-electron chi connectivity index (χ2n) is 12.2. The molecule has 0 spiro atoms. The number of amides is 1. The topological polar surface area (TPSA) is 100 Å². The monoisotopic (exact) mass is 548 g/mol. The van der Waals surface area contributed by atoms with Gasteiger partial charge in [-0.25, -0.2) is 13.5 Å². The highest BCUT2D eigenvalue weighted by Gasteiger charge is 2.63. The molecule has 7 nitrogen and oxygen atoms in total. The van der Waals surface area contributed by atoms with E-state index in [1.807, 2.05) is 10.9 Å². The summed E-state index contributed by atoms with van der Waals surface area (Å²) in [6, 6.07) is 7.43. The van der Waals surface area contributed by atoms with Crippen molar-refractivity contribution in [2.45, 2.75) is 69.9 Å². The van der Waals surface area contributed by atoms with E-state index in [0.29, 0.717) is 37.3 Å². The second kappa shape index (κ2) is 9.59. The maximum atomic E-state index is 14.1. The van der Waals surface area contributed by atoms with E-state index < -0.39 is 28.3 Å². The highest BCUT2D eigenvalue weighted by molar-refractivity contribution is 5.95. The lowest BCUT2D eigenvalue weighted by molar-refractivity contribution is -0.0662. The van der Waals surface area contributed by atoms with Crippen molar-refractivity contribution in [2.75, 3.05) is 6.61 Å². The van der Waals surface area contributed by atoms with Gasteiger partial charge in [0.25, 0.3) is 5.91 Å². The van der Waals surface area contributed by atoms with Gasteiger partial charge in [0.1, 0.15) is 11.6 Å². The van der Waals surface area contributed by atoms with E-state index in [9.17, 15) is 23.8 Å². The van der Waals surface area contributed by atoms with E-state index in [1.165, 1.54) is 23.8 Å². The first-order valence-corrected chi connectivity index (χ1v) is 13.9. The second-order valence-corrected chi connectivity index (χ2v) is 12.2. The molecule has 0 unspecified atom stereocenters. The number of hydrogen-bond acceptors (Lipinski definition) is 5. The molecule has 3 N–H and O–H groups in total. The molecule has 9 heteroatoms. The molecule has 0 aliphatic heterocycles. The predicted octanol–water partition coefficient (Wildman–Crippen LogP) is 4.54. The average Bonchev–Trinajstić information content (AvgIpc) is 3.65. The smallest absolute Gasteiger partial charge is 0.253 e. The molecule has 2 fully saturated rings. The van der Waals surface area contributed by atoms with Crippen molar-refractivity contribution in [1.29, 1.82) is 0 Å². The minimum Gasteiger partial charge on any atom is -0.394 e. The number of benzene rings is 1. The number of halogens is 2. The van der Waals surface area contributed by atoms with Gasteiger partial charge in [-0.3, -0.25) is 9.78 Å². The predicted molar refractivity (Wildman–Crippen MR) is 146 cm³/mol. The Kier molecular flexibility index (Phi) is 6.42. The minimum absolute atomic E-state index is 0.117. The average molecular weight is 549 g/mol. The fourth-order valence-electron chi connectivity index (χ4n) is 6.81. The van der Waals surface area contributed by atoms with Crippen LogP contribution in [0.15, 0.2) is 48.3 Å². The summed E-state index contributed by atoms with van der Waals surface area (Å²) in [6.07, 6.45) is 9.87. The minimum atomic E-state index is -1.02. The Bertz CT molecular complexity index is 1490. The van der Waals surface area contributed by atoms with Crippen LogP contribution in [-0.4, -0.2) is 48.6 Å². The lowest BCUT2D eigenvalue weighted by atomic mass is 9.61. The number of fused-ring (bicyclic) bond motifs is 2. The van der Waals surface area contributed by atoms with Crippen molar-refractivity contribution in [3.05, 3.63) is 82.4 Å². The standard InChI is InChI=1S/C31H34F2N4O3/c1-29(2,18-38)36-28(39)25-14-23(33)17-34-26(25)10-12-30(40)11-9-21-13-27-19(15-31(21,30)20-3-4-20)16-35-37(27)24-7-5-22(32)6-8-24/h5-8,13-14,16-17,20,38,40H,3-4,9-12,15,18H2,1-2H3,(H,36,39)/t30-,31-/m1/s1. The largest absolute Gasteiger partial charge is 0.394 e. The number of hydrogen-bond donors (Lipinski definition) is 3. The number of rotatable bonds is 8. The van der Waals surface area contributed by atoms with Gasteiger partial charge < -0.3 is 15.5 Å². The van der Waals surface area contributed by atoms with Gasteiger partial charge in [-0.1, -0.05) is 5.57 Å². The molecule has 3 aliphatic rings. The maximum absolute atomic E-state index is 14.1. The van der Waals surface area contributed by atoms with Crippen molar-refractivity contribution in [3.8, 4) is 5.69 Å². The van der Waals surface area contributed by atoms with Gasteiger partial charge in [-0.05, 0) is 107 Å². The Morgan fingerprint density at radius 2 is 1.93 bits per heavy atom. The third kappa shape index (κ3) is 4.45. The zero-order valence-corrected chi connectivity index (χ0v) is 22.8. The number of pyridine rings is 1. The lowest BCUT2D eigenvalue weighted by Gasteiger charge is -2.46. The molecule has 2 heterocycles. The van der Waals surface area contributed by atoms with Gasteiger partial charge in [0, 0.05) is 5.41 Å². The van der Waals surface area contributed by atoms with E-state index in [1.54, 1.807) is 26.0 Å². The number of aliphatic hydroxyl groups is 2. The van der Waals surface area contributed by atoms with Crippen LogP contribution in [0, 0.1) is 23.0 Å². The number of carbonyl (C=O) groups excluding carboxylic acids is 1. The van der Waals surface area contributed by atoms with E-state index >= 15 is 0 Å². The van der Waals surface area contributed by atoms with Crippen molar-refractivity contribution in [3.63, 3.8) is 0 Å². The first kappa shape index (κ1) is 26.8. The van der Waals surface area contributed by atoms with Gasteiger partial charge in [-0.2, -0.15) is 5.10 Å². The van der Waals surface area contributed by atoms with Gasteiger partial charge >= 0.3 is 0 Å². The number of carbonyl (C=O) groups is 1. The van der Waals surface area contributed by atoms with Crippen LogP contribution >= 0.6 is 0 Å². The molecule has 2 saturated carbocycles. The van der Waals surface area contributed by atoms with Crippen LogP contribution in [0.2, 0.25) is 0 Å². The highest BCUT2D eigenvalue weighted by atomic mass is 19.1. The summed E-state index contributed by atoms with van der Waals surface area (Å²) in [5.41, 5.74) is 2.21. The molecule has 2 atom stereocenters. The van der Waals surface area contributed by atoms with E-state index in [0.717, 1.165) is 42.4 Å². The molecule has 1 amide bonds. The Balaban J connectivity index is 1.30. The molecule has 2 aromatic heterocycles. The number of nitrogens with one attached hydrogen (secondary N) is 1. The summed E-state index contributed by atoms with van der Waals surface area (Å²) in [4.78, 5) is 17.3. The van der Waals surface area contributed by atoms with E-state index in [-0.39, 0.29) is 18.0 Å². The van der Waals surface area contributed by atoms with Crippen molar-refractivity contribution < 1.29 is 23.8 Å². The molecule has 0 bridgehead atoms. The summed E-state index contributed by atoms with van der Waals surface area (Å²) in [5, 5.41) is 29.3. The summed E-state index contributed by atoms with van der Waals surface area (Å²) < 4.78 is 29.5. The van der Waals surface area contributed by atoms with Gasteiger partial charge in [0.15, 0.2) is 0 Å². The molecule has 0 radical (unpaired) electrons. The molecule has 3 aromatic rings. The Hall–Kier alpha value is -3.43. The number of aromatic nitrogens is 3. The summed E-state index contributed by atoms with van der Waals surface area (Å²) >= 11 is 0. The first-order valence-electron chi connectivity index (χ1n) is 13.9. The third-order valence-electron chi connectivity index (χ3n) is 9.03. The number of nitrogens with zero attached hydrogens (tertiary/aromatic N) is 3. The zero-order chi connectivity index (χ0) is 28.3. The van der Waals surface area contributed by atoms with Crippen molar-refractivity contribution >= 4 is 12.0 Å².